The fourth-order valence-electron chi connectivity index (χ4n) is 5.08. The second-order valence-electron chi connectivity index (χ2n) is 9.49. The van der Waals surface area contributed by atoms with Gasteiger partial charge in [0, 0.05) is 38.8 Å². The van der Waals surface area contributed by atoms with E-state index in [2.05, 4.69) is 9.88 Å². The van der Waals surface area contributed by atoms with Gasteiger partial charge in [-0.15, -0.1) is 0 Å². The Balaban J connectivity index is 1.29. The van der Waals surface area contributed by atoms with E-state index in [0.717, 1.165) is 42.8 Å². The molecule has 0 bridgehead atoms. The lowest BCUT2D eigenvalue weighted by Crippen LogP contribution is -2.59. The molecular weight excluding hydrogens is 514 g/mol. The molecule has 192 valence electrons. The number of hydrogen-bond acceptors (Lipinski definition) is 8. The molecule has 2 saturated heterocycles. The van der Waals surface area contributed by atoms with Crippen LogP contribution in [0, 0.1) is 32.7 Å². The number of nitro benzene ring substituents is 1. The van der Waals surface area contributed by atoms with Crippen molar-refractivity contribution in [2.45, 2.75) is 25.6 Å². The number of rotatable bonds is 4. The van der Waals surface area contributed by atoms with Crippen molar-refractivity contribution in [2.24, 2.45) is 5.41 Å². The normalized spacial score (nSPS) is 17.5. The van der Waals surface area contributed by atoms with Crippen molar-refractivity contribution in [3.63, 3.8) is 0 Å². The summed E-state index contributed by atoms with van der Waals surface area (Å²) in [6, 6.07) is 7.45. The number of fused-ring (bicyclic) bond motifs is 1. The summed E-state index contributed by atoms with van der Waals surface area (Å²) < 4.78 is 53.3. The maximum Gasteiger partial charge on any atom is 0.416 e. The molecular formula is C24H19F4N5O3S. The number of non-ortho nitro benzene ring substituents is 1. The summed E-state index contributed by atoms with van der Waals surface area (Å²) in [7, 11) is 0. The number of aromatic nitrogens is 1. The highest BCUT2D eigenvalue weighted by Gasteiger charge is 2.45. The first kappa shape index (κ1) is 25.0. The molecule has 37 heavy (non-hydrogen) atoms. The molecule has 1 spiro atoms. The molecule has 13 heteroatoms. The molecule has 3 aromatic rings. The third kappa shape index (κ3) is 4.74. The lowest BCUT2D eigenvalue weighted by molar-refractivity contribution is -0.383. The van der Waals surface area contributed by atoms with Crippen LogP contribution in [0.3, 0.4) is 0 Å². The van der Waals surface area contributed by atoms with Crippen molar-refractivity contribution in [2.75, 3.05) is 31.1 Å². The van der Waals surface area contributed by atoms with Crippen molar-refractivity contribution < 1.29 is 22.5 Å². The van der Waals surface area contributed by atoms with Gasteiger partial charge in [-0.05, 0) is 42.0 Å². The van der Waals surface area contributed by atoms with E-state index in [1.165, 1.54) is 12.1 Å². The van der Waals surface area contributed by atoms with Gasteiger partial charge in [0.25, 0.3) is 11.2 Å². The summed E-state index contributed by atoms with van der Waals surface area (Å²) in [5.41, 5.74) is -2.11. The van der Waals surface area contributed by atoms with Gasteiger partial charge in [0.15, 0.2) is 5.13 Å². The van der Waals surface area contributed by atoms with E-state index >= 15 is 0 Å². The number of nitriles is 1. The average molecular weight is 534 g/mol. The lowest BCUT2D eigenvalue weighted by atomic mass is 9.72. The molecule has 0 N–H and O–H groups in total. The summed E-state index contributed by atoms with van der Waals surface area (Å²) in [6.07, 6.45) is -3.28. The number of nitro groups is 1. The molecule has 0 unspecified atom stereocenters. The predicted molar refractivity (Wildman–Crippen MR) is 128 cm³/mol. The molecule has 0 amide bonds. The van der Waals surface area contributed by atoms with Gasteiger partial charge in [0.05, 0.1) is 21.4 Å². The maximum absolute atomic E-state index is 13.9. The van der Waals surface area contributed by atoms with E-state index in [1.54, 1.807) is 12.1 Å². The highest BCUT2D eigenvalue weighted by molar-refractivity contribution is 7.22. The monoisotopic (exact) mass is 533 g/mol. The van der Waals surface area contributed by atoms with Crippen molar-refractivity contribution in [3.05, 3.63) is 73.3 Å². The highest BCUT2D eigenvalue weighted by Crippen LogP contribution is 2.43. The SMILES string of the molecule is N#Cc1ccc(CN2CC3(CCN(c4nc(=O)c5cc(C(F)(F)F)cc([N+](=O)[O-])c5s4)CC3)C2)cc1F. The van der Waals surface area contributed by atoms with Crippen LogP contribution in [0.5, 0.6) is 0 Å². The largest absolute Gasteiger partial charge is 0.416 e. The minimum Gasteiger partial charge on any atom is -0.348 e. The Hall–Kier alpha value is -3.63. The van der Waals surface area contributed by atoms with Gasteiger partial charge < -0.3 is 4.90 Å². The number of piperidine rings is 1. The van der Waals surface area contributed by atoms with Crippen LogP contribution >= 0.6 is 11.3 Å². The van der Waals surface area contributed by atoms with E-state index in [1.807, 2.05) is 4.90 Å². The summed E-state index contributed by atoms with van der Waals surface area (Å²) in [5, 5.41) is 20.2. The first-order valence-electron chi connectivity index (χ1n) is 11.3. The Kier molecular flexibility index (Phi) is 6.12. The van der Waals surface area contributed by atoms with E-state index in [0.29, 0.717) is 31.8 Å². The summed E-state index contributed by atoms with van der Waals surface area (Å²) >= 11 is 0.851. The number of alkyl halides is 3. The molecule has 5 rings (SSSR count). The predicted octanol–water partition coefficient (Wildman–Crippen LogP) is 4.70. The van der Waals surface area contributed by atoms with Crippen LogP contribution in [-0.2, 0) is 12.7 Å². The Bertz CT molecular complexity index is 1500. The minimum atomic E-state index is -4.83. The van der Waals surface area contributed by atoms with Crippen LogP contribution < -0.4 is 10.5 Å². The van der Waals surface area contributed by atoms with E-state index in [4.69, 9.17) is 5.26 Å². The zero-order chi connectivity index (χ0) is 26.5. The summed E-state index contributed by atoms with van der Waals surface area (Å²) in [5.74, 6) is -0.541. The molecule has 3 heterocycles. The van der Waals surface area contributed by atoms with E-state index < -0.39 is 39.1 Å². The Morgan fingerprint density at radius 2 is 1.89 bits per heavy atom. The second kappa shape index (κ2) is 9.04. The quantitative estimate of drug-likeness (QED) is 0.272. The van der Waals surface area contributed by atoms with Gasteiger partial charge >= 0.3 is 6.18 Å². The number of anilines is 1. The topological polar surface area (TPSA) is 103 Å². The minimum absolute atomic E-state index is 0.00641. The average Bonchev–Trinajstić information content (AvgIpc) is 2.82. The zero-order valence-electron chi connectivity index (χ0n) is 19.2. The number of likely N-dealkylation sites (tertiary alicyclic amines) is 1. The molecule has 2 aliphatic heterocycles. The number of halogens is 4. The van der Waals surface area contributed by atoms with Crippen LogP contribution in [0.15, 0.2) is 35.1 Å². The van der Waals surface area contributed by atoms with Gasteiger partial charge in [0.2, 0.25) is 0 Å². The Morgan fingerprint density at radius 3 is 2.49 bits per heavy atom. The maximum atomic E-state index is 13.9. The van der Waals surface area contributed by atoms with Gasteiger partial charge in [-0.3, -0.25) is 19.8 Å². The molecule has 2 aromatic carbocycles. The van der Waals surface area contributed by atoms with Crippen LogP contribution in [0.25, 0.3) is 10.1 Å². The summed E-state index contributed by atoms with van der Waals surface area (Å²) in [6.45, 7) is 3.25. The number of hydrogen-bond donors (Lipinski definition) is 0. The van der Waals surface area contributed by atoms with Crippen molar-refractivity contribution in [3.8, 4) is 6.07 Å². The first-order valence-corrected chi connectivity index (χ1v) is 12.2. The number of nitrogens with zero attached hydrogens (tertiary/aromatic N) is 5. The first-order chi connectivity index (χ1) is 17.5. The van der Waals surface area contributed by atoms with Gasteiger partial charge in [0.1, 0.15) is 16.6 Å². The molecule has 8 nitrogen and oxygen atoms in total. The third-order valence-electron chi connectivity index (χ3n) is 6.99. The van der Waals surface area contributed by atoms with E-state index in [-0.39, 0.29) is 20.8 Å². The van der Waals surface area contributed by atoms with Gasteiger partial charge in [-0.25, -0.2) is 4.39 Å². The molecule has 0 aliphatic carbocycles. The molecule has 2 aliphatic rings. The highest BCUT2D eigenvalue weighted by atomic mass is 32.1. The smallest absolute Gasteiger partial charge is 0.348 e. The van der Waals surface area contributed by atoms with Crippen LogP contribution in [0.2, 0.25) is 0 Å². The molecule has 2 fully saturated rings. The standard InChI is InChI=1S/C24H19F4N5O3S/c25-18-7-14(1-2-15(18)10-29)11-31-12-23(13-31)3-5-32(6-4-23)22-30-21(34)17-8-16(24(26,27)28)9-19(33(35)36)20(17)37-22/h1-2,7-9H,3-6,11-13H2. The molecule has 0 atom stereocenters. The van der Waals surface area contributed by atoms with Crippen LogP contribution in [0.1, 0.15) is 29.5 Å². The lowest BCUT2D eigenvalue weighted by Gasteiger charge is -2.54. The Labute approximate surface area is 211 Å². The Morgan fingerprint density at radius 1 is 1.19 bits per heavy atom. The summed E-state index contributed by atoms with van der Waals surface area (Å²) in [4.78, 5) is 31.2. The molecule has 1 aromatic heterocycles. The third-order valence-corrected chi connectivity index (χ3v) is 8.15. The van der Waals surface area contributed by atoms with Crippen molar-refractivity contribution in [1.82, 2.24) is 9.88 Å². The molecule has 0 saturated carbocycles. The van der Waals surface area contributed by atoms with E-state index in [9.17, 15) is 32.5 Å². The van der Waals surface area contributed by atoms with Crippen molar-refractivity contribution in [1.29, 1.82) is 5.26 Å². The fraction of sp³-hybridized carbons (Fsp3) is 0.375. The second-order valence-corrected chi connectivity index (χ2v) is 10.5. The van der Waals surface area contributed by atoms with Crippen LogP contribution in [0.4, 0.5) is 28.4 Å². The van der Waals surface area contributed by atoms with Gasteiger partial charge in [-0.1, -0.05) is 17.4 Å². The van der Waals surface area contributed by atoms with Gasteiger partial charge in [-0.2, -0.15) is 23.4 Å². The zero-order valence-corrected chi connectivity index (χ0v) is 20.0. The molecule has 0 radical (unpaired) electrons. The number of benzene rings is 2. The van der Waals surface area contributed by atoms with Crippen LogP contribution in [-0.4, -0.2) is 41.0 Å². The fourth-order valence-corrected chi connectivity index (χ4v) is 6.20. The van der Waals surface area contributed by atoms with Crippen molar-refractivity contribution >= 4 is 32.2 Å².